The van der Waals surface area contributed by atoms with Gasteiger partial charge in [0.25, 0.3) is 0 Å². The molecule has 5 heteroatoms. The zero-order valence-electron chi connectivity index (χ0n) is 14.4. The summed E-state index contributed by atoms with van der Waals surface area (Å²) in [5.74, 6) is -0.303. The average Bonchev–Trinajstić information content (AvgIpc) is 2.44. The first-order valence-corrected chi connectivity index (χ1v) is 7.99. The van der Waals surface area contributed by atoms with Gasteiger partial charge in [-0.25, -0.2) is 4.79 Å². The topological polar surface area (TPSA) is 64.6 Å². The Kier molecular flexibility index (Phi) is 7.59. The molecule has 23 heavy (non-hydrogen) atoms. The van der Waals surface area contributed by atoms with Crippen LogP contribution in [0.1, 0.15) is 46.1 Å². The van der Waals surface area contributed by atoms with Gasteiger partial charge in [-0.05, 0) is 32.8 Å². The van der Waals surface area contributed by atoms with Crippen LogP contribution in [-0.2, 0) is 20.7 Å². The van der Waals surface area contributed by atoms with Crippen molar-refractivity contribution in [1.82, 2.24) is 5.32 Å². The third-order valence-electron chi connectivity index (χ3n) is 2.99. The van der Waals surface area contributed by atoms with E-state index in [0.29, 0.717) is 0 Å². The van der Waals surface area contributed by atoms with Gasteiger partial charge in [0, 0.05) is 0 Å². The second-order valence-electron chi connectivity index (χ2n) is 6.48. The quantitative estimate of drug-likeness (QED) is 0.781. The Balaban J connectivity index is 2.43. The standard InChI is InChI=1S/C18H27NO4/c1-5-9-15(19-17(21)23-18(2,3)4)13-22-16(20)12-14-10-7-6-8-11-14/h6-8,10-11,15H,5,9,12-13H2,1-4H3,(H,19,21). The molecule has 1 aromatic carbocycles. The number of carbonyl (C=O) groups is 2. The van der Waals surface area contributed by atoms with Crippen LogP contribution in [-0.4, -0.2) is 30.3 Å². The van der Waals surface area contributed by atoms with E-state index < -0.39 is 11.7 Å². The van der Waals surface area contributed by atoms with Crippen LogP contribution in [0.5, 0.6) is 0 Å². The number of benzene rings is 1. The molecule has 1 rings (SSSR count). The summed E-state index contributed by atoms with van der Waals surface area (Å²) in [6.45, 7) is 7.58. The number of nitrogens with one attached hydrogen (secondary N) is 1. The normalized spacial score (nSPS) is 12.3. The molecular weight excluding hydrogens is 294 g/mol. The summed E-state index contributed by atoms with van der Waals surface area (Å²) in [7, 11) is 0. The average molecular weight is 321 g/mol. The minimum absolute atomic E-state index is 0.152. The van der Waals surface area contributed by atoms with Crippen molar-refractivity contribution in [3.8, 4) is 0 Å². The molecule has 0 saturated heterocycles. The molecule has 0 heterocycles. The maximum Gasteiger partial charge on any atom is 0.407 e. The molecule has 0 aromatic heterocycles. The van der Waals surface area contributed by atoms with E-state index in [-0.39, 0.29) is 25.0 Å². The molecule has 0 spiro atoms. The lowest BCUT2D eigenvalue weighted by Crippen LogP contribution is -2.41. The van der Waals surface area contributed by atoms with Crippen molar-refractivity contribution >= 4 is 12.1 Å². The molecule has 1 atom stereocenters. The van der Waals surface area contributed by atoms with Gasteiger partial charge < -0.3 is 14.8 Å². The molecule has 0 aliphatic heterocycles. The molecular formula is C18H27NO4. The maximum atomic E-state index is 11.9. The highest BCUT2D eigenvalue weighted by Crippen LogP contribution is 2.08. The van der Waals surface area contributed by atoms with Crippen molar-refractivity contribution < 1.29 is 19.1 Å². The predicted molar refractivity (Wildman–Crippen MR) is 89.2 cm³/mol. The largest absolute Gasteiger partial charge is 0.463 e. The Morgan fingerprint density at radius 1 is 1.17 bits per heavy atom. The van der Waals surface area contributed by atoms with E-state index in [1.165, 1.54) is 0 Å². The van der Waals surface area contributed by atoms with Crippen LogP contribution in [0, 0.1) is 0 Å². The zero-order chi connectivity index (χ0) is 17.3. The molecule has 1 unspecified atom stereocenters. The Labute approximate surface area is 138 Å². The first-order valence-electron chi connectivity index (χ1n) is 7.99. The predicted octanol–water partition coefficient (Wildman–Crippen LogP) is 3.47. The molecule has 128 valence electrons. The molecule has 0 saturated carbocycles. The number of hydrogen-bond donors (Lipinski definition) is 1. The van der Waals surface area contributed by atoms with Gasteiger partial charge in [-0.3, -0.25) is 4.79 Å². The lowest BCUT2D eigenvalue weighted by atomic mass is 10.1. The molecule has 1 N–H and O–H groups in total. The first-order chi connectivity index (χ1) is 10.8. The molecule has 5 nitrogen and oxygen atoms in total. The number of hydrogen-bond acceptors (Lipinski definition) is 4. The molecule has 0 aliphatic rings. The van der Waals surface area contributed by atoms with E-state index in [1.807, 2.05) is 37.3 Å². The van der Waals surface area contributed by atoms with Gasteiger partial charge >= 0.3 is 12.1 Å². The van der Waals surface area contributed by atoms with Gasteiger partial charge in [0.05, 0.1) is 12.5 Å². The van der Waals surface area contributed by atoms with Crippen LogP contribution < -0.4 is 5.32 Å². The Hall–Kier alpha value is -2.04. The van der Waals surface area contributed by atoms with Crippen molar-refractivity contribution in [1.29, 1.82) is 0 Å². The third-order valence-corrected chi connectivity index (χ3v) is 2.99. The molecule has 0 radical (unpaired) electrons. The highest BCUT2D eigenvalue weighted by molar-refractivity contribution is 5.72. The van der Waals surface area contributed by atoms with Crippen LogP contribution in [0.2, 0.25) is 0 Å². The number of amides is 1. The van der Waals surface area contributed by atoms with Gasteiger partial charge in [0.15, 0.2) is 0 Å². The number of ether oxygens (including phenoxy) is 2. The van der Waals surface area contributed by atoms with Gasteiger partial charge in [-0.2, -0.15) is 0 Å². The van der Waals surface area contributed by atoms with Crippen LogP contribution in [0.15, 0.2) is 30.3 Å². The minimum Gasteiger partial charge on any atom is -0.463 e. The summed E-state index contributed by atoms with van der Waals surface area (Å²) >= 11 is 0. The van der Waals surface area contributed by atoms with Gasteiger partial charge in [0.2, 0.25) is 0 Å². The highest BCUT2D eigenvalue weighted by atomic mass is 16.6. The lowest BCUT2D eigenvalue weighted by molar-refractivity contribution is -0.143. The molecule has 0 fully saturated rings. The van der Waals surface area contributed by atoms with Crippen molar-refractivity contribution in [3.63, 3.8) is 0 Å². The summed E-state index contributed by atoms with van der Waals surface area (Å²) in [4.78, 5) is 23.7. The van der Waals surface area contributed by atoms with Gasteiger partial charge in [-0.1, -0.05) is 43.7 Å². The smallest absolute Gasteiger partial charge is 0.407 e. The fourth-order valence-electron chi connectivity index (χ4n) is 2.03. The van der Waals surface area contributed by atoms with E-state index in [1.54, 1.807) is 20.8 Å². The molecule has 1 amide bonds. The Morgan fingerprint density at radius 3 is 2.39 bits per heavy atom. The fourth-order valence-corrected chi connectivity index (χ4v) is 2.03. The number of esters is 1. The number of rotatable bonds is 7. The molecule has 1 aromatic rings. The van der Waals surface area contributed by atoms with E-state index in [4.69, 9.17) is 9.47 Å². The van der Waals surface area contributed by atoms with E-state index in [2.05, 4.69) is 5.32 Å². The van der Waals surface area contributed by atoms with Gasteiger partial charge in [0.1, 0.15) is 12.2 Å². The second kappa shape index (κ2) is 9.18. The van der Waals surface area contributed by atoms with E-state index in [0.717, 1.165) is 18.4 Å². The molecule has 0 bridgehead atoms. The van der Waals surface area contributed by atoms with Crippen LogP contribution in [0.4, 0.5) is 4.79 Å². The summed E-state index contributed by atoms with van der Waals surface area (Å²) in [6.07, 6.45) is 1.33. The number of alkyl carbamates (subject to hydrolysis) is 1. The summed E-state index contributed by atoms with van der Waals surface area (Å²) in [6, 6.07) is 9.18. The first kappa shape index (κ1) is 19.0. The Morgan fingerprint density at radius 2 is 1.83 bits per heavy atom. The van der Waals surface area contributed by atoms with Crippen molar-refractivity contribution in [3.05, 3.63) is 35.9 Å². The zero-order valence-corrected chi connectivity index (χ0v) is 14.4. The Bertz CT molecular complexity index is 493. The second-order valence-corrected chi connectivity index (χ2v) is 6.48. The summed E-state index contributed by atoms with van der Waals surface area (Å²) in [5, 5.41) is 2.76. The highest BCUT2D eigenvalue weighted by Gasteiger charge is 2.20. The maximum absolute atomic E-state index is 11.9. The van der Waals surface area contributed by atoms with Crippen molar-refractivity contribution in [2.45, 2.75) is 58.6 Å². The van der Waals surface area contributed by atoms with Crippen LogP contribution in [0.25, 0.3) is 0 Å². The third kappa shape index (κ3) is 8.86. The SMILES string of the molecule is CCCC(COC(=O)Cc1ccccc1)NC(=O)OC(C)(C)C. The van der Waals surface area contributed by atoms with E-state index >= 15 is 0 Å². The lowest BCUT2D eigenvalue weighted by Gasteiger charge is -2.23. The van der Waals surface area contributed by atoms with Crippen molar-refractivity contribution in [2.75, 3.05) is 6.61 Å². The summed E-state index contributed by atoms with van der Waals surface area (Å²) < 4.78 is 10.5. The van der Waals surface area contributed by atoms with Gasteiger partial charge in [-0.15, -0.1) is 0 Å². The molecule has 0 aliphatic carbocycles. The van der Waals surface area contributed by atoms with Crippen LogP contribution in [0.3, 0.4) is 0 Å². The number of carbonyl (C=O) groups excluding carboxylic acids is 2. The summed E-state index contributed by atoms with van der Waals surface area (Å²) in [5.41, 5.74) is 0.356. The fraction of sp³-hybridized carbons (Fsp3) is 0.556. The van der Waals surface area contributed by atoms with Crippen molar-refractivity contribution in [2.24, 2.45) is 0 Å². The van der Waals surface area contributed by atoms with E-state index in [9.17, 15) is 9.59 Å². The minimum atomic E-state index is -0.551. The van der Waals surface area contributed by atoms with Crippen LogP contribution >= 0.6 is 0 Å². The monoisotopic (exact) mass is 321 g/mol.